The first-order chi connectivity index (χ1) is 9.74. The Morgan fingerprint density at radius 1 is 1.38 bits per heavy atom. The second-order valence-corrected chi connectivity index (χ2v) is 7.36. The summed E-state index contributed by atoms with van der Waals surface area (Å²) in [4.78, 5) is 11.8. The fraction of sp³-hybridized carbons (Fsp3) is 0.400. The Kier molecular flexibility index (Phi) is 4.09. The molecule has 114 valence electrons. The number of carbonyl (C=O) groups excluding carboxylic acids is 1. The van der Waals surface area contributed by atoms with Crippen LogP contribution in [0.15, 0.2) is 29.3 Å². The predicted molar refractivity (Wildman–Crippen MR) is 80.9 cm³/mol. The number of methoxy groups -OCH3 is 1. The van der Waals surface area contributed by atoms with Crippen LogP contribution in [-0.4, -0.2) is 32.3 Å². The van der Waals surface area contributed by atoms with Crippen molar-refractivity contribution in [1.82, 2.24) is 4.57 Å². The molecule has 0 aliphatic carbocycles. The largest absolute Gasteiger partial charge is 0.469 e. The van der Waals surface area contributed by atoms with Crippen LogP contribution in [0.25, 0.3) is 10.9 Å². The number of carbonyl (C=O) groups is 1. The summed E-state index contributed by atoms with van der Waals surface area (Å²) in [5.74, 6) is -0.547. The molecule has 0 amide bonds. The van der Waals surface area contributed by atoms with Crippen molar-refractivity contribution in [2.45, 2.75) is 18.2 Å². The molecule has 0 bridgehead atoms. The fourth-order valence-corrected chi connectivity index (χ4v) is 3.11. The van der Waals surface area contributed by atoms with Crippen molar-refractivity contribution < 1.29 is 17.9 Å². The first-order valence-electron chi connectivity index (χ1n) is 6.60. The lowest BCUT2D eigenvalue weighted by Gasteiger charge is -2.08. The maximum atomic E-state index is 11.7. The molecule has 0 aliphatic rings. The Morgan fingerprint density at radius 2 is 2.05 bits per heavy atom. The molecular weight excluding hydrogens is 290 g/mol. The van der Waals surface area contributed by atoms with Gasteiger partial charge in [0.1, 0.15) is 0 Å². The Balaban J connectivity index is 2.51. The first-order valence-corrected chi connectivity index (χ1v) is 8.49. The highest BCUT2D eigenvalue weighted by Crippen LogP contribution is 2.26. The molecule has 1 aromatic carbocycles. The monoisotopic (exact) mass is 309 g/mol. The molecule has 2 rings (SSSR count). The SMILES string of the molecule is COC(=O)C(C)Cc1cn(C)c2ccc(S(C)(=O)=O)cc12. The van der Waals surface area contributed by atoms with E-state index in [-0.39, 0.29) is 16.8 Å². The summed E-state index contributed by atoms with van der Waals surface area (Å²) in [6.45, 7) is 1.80. The molecule has 0 radical (unpaired) electrons. The molecule has 0 saturated carbocycles. The van der Waals surface area contributed by atoms with Gasteiger partial charge in [-0.05, 0) is 30.2 Å². The normalized spacial score (nSPS) is 13.3. The van der Waals surface area contributed by atoms with E-state index in [1.807, 2.05) is 17.8 Å². The molecule has 0 fully saturated rings. The van der Waals surface area contributed by atoms with Crippen LogP contribution < -0.4 is 0 Å². The molecular formula is C15H19NO4S. The Hall–Kier alpha value is -1.82. The smallest absolute Gasteiger partial charge is 0.308 e. The number of hydrogen-bond acceptors (Lipinski definition) is 4. The Labute approximate surface area is 124 Å². The molecule has 0 saturated heterocycles. The van der Waals surface area contributed by atoms with E-state index in [1.165, 1.54) is 13.4 Å². The van der Waals surface area contributed by atoms with E-state index in [2.05, 4.69) is 0 Å². The maximum absolute atomic E-state index is 11.7. The van der Waals surface area contributed by atoms with E-state index in [4.69, 9.17) is 4.74 Å². The van der Waals surface area contributed by atoms with E-state index >= 15 is 0 Å². The van der Waals surface area contributed by atoms with Crippen molar-refractivity contribution in [3.8, 4) is 0 Å². The van der Waals surface area contributed by atoms with Crippen LogP contribution in [0.4, 0.5) is 0 Å². The molecule has 5 nitrogen and oxygen atoms in total. The summed E-state index contributed by atoms with van der Waals surface area (Å²) in [7, 11) is 0.0102. The van der Waals surface area contributed by atoms with E-state index < -0.39 is 9.84 Å². The molecule has 1 aromatic heterocycles. The van der Waals surface area contributed by atoms with Crippen molar-refractivity contribution in [1.29, 1.82) is 0 Å². The zero-order valence-corrected chi connectivity index (χ0v) is 13.4. The van der Waals surface area contributed by atoms with Gasteiger partial charge in [0, 0.05) is 30.4 Å². The van der Waals surface area contributed by atoms with Crippen LogP contribution in [0.2, 0.25) is 0 Å². The van der Waals surface area contributed by atoms with Gasteiger partial charge >= 0.3 is 5.97 Å². The number of aryl methyl sites for hydroxylation is 1. The molecule has 2 aromatic rings. The van der Waals surface area contributed by atoms with Crippen molar-refractivity contribution in [3.63, 3.8) is 0 Å². The fourth-order valence-electron chi connectivity index (χ4n) is 2.46. The molecule has 0 aliphatic heterocycles. The number of sulfone groups is 1. The van der Waals surface area contributed by atoms with Crippen LogP contribution in [0, 0.1) is 5.92 Å². The molecule has 0 spiro atoms. The van der Waals surface area contributed by atoms with Crippen LogP contribution in [-0.2, 0) is 32.8 Å². The van der Waals surface area contributed by atoms with Crippen LogP contribution in [0.1, 0.15) is 12.5 Å². The minimum Gasteiger partial charge on any atom is -0.469 e. The number of rotatable bonds is 4. The highest BCUT2D eigenvalue weighted by molar-refractivity contribution is 7.90. The lowest BCUT2D eigenvalue weighted by molar-refractivity contribution is -0.144. The number of nitrogens with zero attached hydrogens (tertiary/aromatic N) is 1. The van der Waals surface area contributed by atoms with Crippen LogP contribution in [0.5, 0.6) is 0 Å². The minimum atomic E-state index is -3.25. The second-order valence-electron chi connectivity index (χ2n) is 5.34. The summed E-state index contributed by atoms with van der Waals surface area (Å²) in [5, 5.41) is 0.858. The van der Waals surface area contributed by atoms with Gasteiger partial charge in [0.2, 0.25) is 0 Å². The molecule has 0 N–H and O–H groups in total. The molecule has 1 heterocycles. The summed E-state index contributed by atoms with van der Waals surface area (Å²) in [6, 6.07) is 5.06. The number of esters is 1. The molecule has 6 heteroatoms. The summed E-state index contributed by atoms with van der Waals surface area (Å²) in [6.07, 6.45) is 3.63. The van der Waals surface area contributed by atoms with E-state index in [1.54, 1.807) is 25.1 Å². The van der Waals surface area contributed by atoms with Gasteiger partial charge in [-0.1, -0.05) is 6.92 Å². The van der Waals surface area contributed by atoms with Gasteiger partial charge in [-0.15, -0.1) is 0 Å². The topological polar surface area (TPSA) is 65.4 Å². The number of fused-ring (bicyclic) bond motifs is 1. The van der Waals surface area contributed by atoms with Crippen LogP contribution in [0.3, 0.4) is 0 Å². The lowest BCUT2D eigenvalue weighted by atomic mass is 10.0. The zero-order chi connectivity index (χ0) is 15.8. The van der Waals surface area contributed by atoms with Crippen molar-refractivity contribution in [3.05, 3.63) is 30.0 Å². The van der Waals surface area contributed by atoms with Gasteiger partial charge in [-0.2, -0.15) is 0 Å². The number of benzene rings is 1. The van der Waals surface area contributed by atoms with E-state index in [9.17, 15) is 13.2 Å². The summed E-state index contributed by atoms with van der Waals surface area (Å²) in [5.41, 5.74) is 1.88. The van der Waals surface area contributed by atoms with Gasteiger partial charge < -0.3 is 9.30 Å². The second kappa shape index (κ2) is 5.52. The van der Waals surface area contributed by atoms with Gasteiger partial charge in [-0.25, -0.2) is 8.42 Å². The average molecular weight is 309 g/mol. The number of aromatic nitrogens is 1. The van der Waals surface area contributed by atoms with Crippen molar-refractivity contribution in [2.24, 2.45) is 13.0 Å². The zero-order valence-electron chi connectivity index (χ0n) is 12.6. The third-order valence-corrected chi connectivity index (χ3v) is 4.71. The summed E-state index contributed by atoms with van der Waals surface area (Å²) < 4.78 is 30.1. The highest BCUT2D eigenvalue weighted by Gasteiger charge is 2.18. The van der Waals surface area contributed by atoms with Gasteiger partial charge in [0.25, 0.3) is 0 Å². The predicted octanol–water partition coefficient (Wildman–Crippen LogP) is 1.93. The average Bonchev–Trinajstić information content (AvgIpc) is 2.73. The third kappa shape index (κ3) is 3.10. The molecule has 1 unspecified atom stereocenters. The Morgan fingerprint density at radius 3 is 2.62 bits per heavy atom. The Bertz CT molecular complexity index is 789. The van der Waals surface area contributed by atoms with Crippen LogP contribution >= 0.6 is 0 Å². The third-order valence-electron chi connectivity index (χ3n) is 3.60. The molecule has 1 atom stereocenters. The van der Waals surface area contributed by atoms with Gasteiger partial charge in [-0.3, -0.25) is 4.79 Å². The first kappa shape index (κ1) is 15.6. The van der Waals surface area contributed by atoms with E-state index in [0.717, 1.165) is 16.5 Å². The number of ether oxygens (including phenoxy) is 1. The van der Waals surface area contributed by atoms with E-state index in [0.29, 0.717) is 6.42 Å². The highest BCUT2D eigenvalue weighted by atomic mass is 32.2. The molecule has 21 heavy (non-hydrogen) atoms. The minimum absolute atomic E-state index is 0.272. The number of hydrogen-bond donors (Lipinski definition) is 0. The van der Waals surface area contributed by atoms with Gasteiger partial charge in [0.05, 0.1) is 17.9 Å². The lowest BCUT2D eigenvalue weighted by Crippen LogP contribution is -2.14. The maximum Gasteiger partial charge on any atom is 0.308 e. The summed E-state index contributed by atoms with van der Waals surface area (Å²) >= 11 is 0. The quantitative estimate of drug-likeness (QED) is 0.810. The standard InChI is InChI=1S/C15H19NO4S/c1-10(15(17)20-3)7-11-9-16(2)14-6-5-12(8-13(11)14)21(4,18)19/h5-6,8-10H,7H2,1-4H3. The van der Waals surface area contributed by atoms with Crippen molar-refractivity contribution >= 4 is 26.7 Å². The van der Waals surface area contributed by atoms with Crippen molar-refractivity contribution in [2.75, 3.05) is 13.4 Å². The van der Waals surface area contributed by atoms with Gasteiger partial charge in [0.15, 0.2) is 9.84 Å².